The number of rotatable bonds is 4. The first kappa shape index (κ1) is 21.0. The van der Waals surface area contributed by atoms with E-state index >= 15 is 0 Å². The van der Waals surface area contributed by atoms with Crippen LogP contribution >= 0.6 is 0 Å². The van der Waals surface area contributed by atoms with Crippen LogP contribution in [0.1, 0.15) is 68.8 Å². The largest absolute Gasteiger partial charge is 0.370 e. The van der Waals surface area contributed by atoms with Gasteiger partial charge in [-0.25, -0.2) is 9.97 Å². The van der Waals surface area contributed by atoms with E-state index in [0.717, 1.165) is 49.4 Å². The molecule has 1 aromatic heterocycles. The van der Waals surface area contributed by atoms with E-state index in [1.165, 1.54) is 0 Å². The monoisotopic (exact) mass is 389 g/mol. The summed E-state index contributed by atoms with van der Waals surface area (Å²) in [6.07, 6.45) is 3.09. The minimum absolute atomic E-state index is 0.111. The Hall–Kier alpha value is -1.73. The molecule has 28 heavy (non-hydrogen) atoms. The van der Waals surface area contributed by atoms with Gasteiger partial charge in [0.1, 0.15) is 5.82 Å². The lowest BCUT2D eigenvalue weighted by Crippen LogP contribution is -2.54. The molecule has 3 rings (SSSR count). The number of amides is 1. The molecule has 2 aliphatic rings. The number of nitrogens with one attached hydrogen (secondary N) is 2. The summed E-state index contributed by atoms with van der Waals surface area (Å²) in [4.78, 5) is 23.2. The van der Waals surface area contributed by atoms with Crippen molar-refractivity contribution in [1.82, 2.24) is 20.6 Å². The summed E-state index contributed by atoms with van der Waals surface area (Å²) in [7, 11) is 1.60. The molecule has 2 saturated heterocycles. The van der Waals surface area contributed by atoms with E-state index in [1.807, 2.05) is 13.8 Å². The Morgan fingerprint density at radius 3 is 2.36 bits per heavy atom. The Kier molecular flexibility index (Phi) is 5.69. The van der Waals surface area contributed by atoms with Gasteiger partial charge in [0.25, 0.3) is 5.91 Å². The molecule has 156 valence electrons. The molecule has 7 heteroatoms. The normalized spacial score (nSPS) is 24.4. The first-order chi connectivity index (χ1) is 13.0. The van der Waals surface area contributed by atoms with Crippen molar-refractivity contribution < 1.29 is 9.53 Å². The van der Waals surface area contributed by atoms with Crippen LogP contribution in [0.4, 0.5) is 5.82 Å². The quantitative estimate of drug-likeness (QED) is 0.823. The van der Waals surface area contributed by atoms with Crippen molar-refractivity contribution in [3.05, 3.63) is 17.1 Å². The summed E-state index contributed by atoms with van der Waals surface area (Å²) >= 11 is 0. The van der Waals surface area contributed by atoms with Crippen LogP contribution in [0.3, 0.4) is 0 Å². The first-order valence-electron chi connectivity index (χ1n) is 10.3. The standard InChI is InChI=1S/C21H35N5O2/c1-13-14(2)23-17(19(27)22-7)25-18(13)26-9-8-15(12-26)24-16-10-20(3,4)28-21(5,6)11-16/h15-16,24H,8-12H2,1-7H3,(H,22,27)/t15-/m1/s1. The van der Waals surface area contributed by atoms with Gasteiger partial charge in [-0.3, -0.25) is 4.79 Å². The predicted molar refractivity (Wildman–Crippen MR) is 111 cm³/mol. The van der Waals surface area contributed by atoms with Gasteiger partial charge in [0.05, 0.1) is 11.2 Å². The van der Waals surface area contributed by atoms with E-state index in [-0.39, 0.29) is 22.9 Å². The van der Waals surface area contributed by atoms with Crippen molar-refractivity contribution in [2.45, 2.75) is 84.1 Å². The van der Waals surface area contributed by atoms with E-state index in [2.05, 4.69) is 53.2 Å². The lowest BCUT2D eigenvalue weighted by Gasteiger charge is -2.46. The third kappa shape index (κ3) is 4.63. The molecule has 0 bridgehead atoms. The van der Waals surface area contributed by atoms with Gasteiger partial charge in [0, 0.05) is 43.5 Å². The molecule has 0 spiro atoms. The van der Waals surface area contributed by atoms with Gasteiger partial charge in [0.2, 0.25) is 5.82 Å². The second-order valence-electron chi connectivity index (χ2n) is 9.49. The maximum absolute atomic E-state index is 12.0. The highest BCUT2D eigenvalue weighted by atomic mass is 16.5. The zero-order valence-electron chi connectivity index (χ0n) is 18.3. The minimum atomic E-state index is -0.245. The Morgan fingerprint density at radius 2 is 1.75 bits per heavy atom. The zero-order valence-corrected chi connectivity index (χ0v) is 18.3. The fraction of sp³-hybridized carbons (Fsp3) is 0.762. The van der Waals surface area contributed by atoms with Crippen molar-refractivity contribution in [2.75, 3.05) is 25.0 Å². The number of hydrogen-bond donors (Lipinski definition) is 2. The molecule has 0 aliphatic carbocycles. The molecule has 0 radical (unpaired) electrons. The van der Waals surface area contributed by atoms with E-state index in [0.29, 0.717) is 12.1 Å². The molecule has 7 nitrogen and oxygen atoms in total. The molecule has 2 N–H and O–H groups in total. The predicted octanol–water partition coefficient (Wildman–Crippen LogP) is 2.36. The van der Waals surface area contributed by atoms with Crippen molar-refractivity contribution in [3.8, 4) is 0 Å². The lowest BCUT2D eigenvalue weighted by molar-refractivity contribution is -0.164. The molecule has 1 atom stereocenters. The summed E-state index contributed by atoms with van der Waals surface area (Å²) in [6.45, 7) is 14.5. The minimum Gasteiger partial charge on any atom is -0.370 e. The zero-order chi connectivity index (χ0) is 20.7. The number of carbonyl (C=O) groups excluding carboxylic acids is 1. The van der Waals surface area contributed by atoms with Crippen LogP contribution in [-0.4, -0.2) is 59.3 Å². The lowest BCUT2D eigenvalue weighted by atomic mass is 9.85. The topological polar surface area (TPSA) is 79.4 Å². The van der Waals surface area contributed by atoms with Gasteiger partial charge in [-0.2, -0.15) is 0 Å². The average molecular weight is 390 g/mol. The second-order valence-corrected chi connectivity index (χ2v) is 9.49. The van der Waals surface area contributed by atoms with Crippen LogP contribution < -0.4 is 15.5 Å². The molecule has 0 unspecified atom stereocenters. The van der Waals surface area contributed by atoms with Crippen molar-refractivity contribution >= 4 is 11.7 Å². The molecule has 2 aliphatic heterocycles. The van der Waals surface area contributed by atoms with Crippen molar-refractivity contribution in [3.63, 3.8) is 0 Å². The fourth-order valence-corrected chi connectivity index (χ4v) is 4.77. The SMILES string of the molecule is CNC(=O)c1nc(C)c(C)c(N2CC[C@@H](NC3CC(C)(C)OC(C)(C)C3)C2)n1. The van der Waals surface area contributed by atoms with E-state index < -0.39 is 0 Å². The Bertz CT molecular complexity index is 731. The van der Waals surface area contributed by atoms with E-state index in [1.54, 1.807) is 7.05 Å². The smallest absolute Gasteiger partial charge is 0.288 e. The molecule has 3 heterocycles. The Morgan fingerprint density at radius 1 is 1.11 bits per heavy atom. The highest BCUT2D eigenvalue weighted by Crippen LogP contribution is 2.35. The molecule has 1 amide bonds. The summed E-state index contributed by atoms with van der Waals surface area (Å²) < 4.78 is 6.22. The highest BCUT2D eigenvalue weighted by molar-refractivity contribution is 5.90. The summed E-state index contributed by atoms with van der Waals surface area (Å²) in [6, 6.07) is 0.853. The highest BCUT2D eigenvalue weighted by Gasteiger charge is 2.40. The van der Waals surface area contributed by atoms with Crippen LogP contribution in [-0.2, 0) is 4.74 Å². The van der Waals surface area contributed by atoms with Crippen LogP contribution in [0, 0.1) is 13.8 Å². The number of ether oxygens (including phenoxy) is 1. The maximum Gasteiger partial charge on any atom is 0.288 e. The van der Waals surface area contributed by atoms with Gasteiger partial charge in [-0.05, 0) is 60.8 Å². The summed E-state index contributed by atoms with van der Waals surface area (Å²) in [5, 5.41) is 6.48. The number of hydrogen-bond acceptors (Lipinski definition) is 6. The van der Waals surface area contributed by atoms with Gasteiger partial charge in [-0.15, -0.1) is 0 Å². The molecule has 0 saturated carbocycles. The number of anilines is 1. The molecule has 1 aromatic rings. The Labute approximate surface area is 168 Å². The summed E-state index contributed by atoms with van der Waals surface area (Å²) in [5.41, 5.74) is 1.68. The molecule has 2 fully saturated rings. The summed E-state index contributed by atoms with van der Waals surface area (Å²) in [5.74, 6) is 0.873. The van der Waals surface area contributed by atoms with E-state index in [4.69, 9.17) is 4.74 Å². The van der Waals surface area contributed by atoms with Crippen LogP contribution in [0.15, 0.2) is 0 Å². The maximum atomic E-state index is 12.0. The van der Waals surface area contributed by atoms with E-state index in [9.17, 15) is 4.79 Å². The third-order valence-electron chi connectivity index (χ3n) is 5.78. The van der Waals surface area contributed by atoms with Gasteiger partial charge >= 0.3 is 0 Å². The van der Waals surface area contributed by atoms with Crippen LogP contribution in [0.2, 0.25) is 0 Å². The average Bonchev–Trinajstić information content (AvgIpc) is 3.01. The second kappa shape index (κ2) is 7.59. The molecule has 0 aromatic carbocycles. The van der Waals surface area contributed by atoms with Gasteiger partial charge in [0.15, 0.2) is 0 Å². The van der Waals surface area contributed by atoms with Crippen molar-refractivity contribution in [2.24, 2.45) is 0 Å². The fourth-order valence-electron chi connectivity index (χ4n) is 4.77. The van der Waals surface area contributed by atoms with Gasteiger partial charge < -0.3 is 20.3 Å². The number of aryl methyl sites for hydroxylation is 1. The molecular weight excluding hydrogens is 354 g/mol. The Balaban J connectivity index is 1.70. The number of aromatic nitrogens is 2. The number of carbonyl (C=O) groups is 1. The van der Waals surface area contributed by atoms with Crippen LogP contribution in [0.5, 0.6) is 0 Å². The third-order valence-corrected chi connectivity index (χ3v) is 5.78. The number of nitrogens with zero attached hydrogens (tertiary/aromatic N) is 3. The molecular formula is C21H35N5O2. The van der Waals surface area contributed by atoms with Crippen LogP contribution in [0.25, 0.3) is 0 Å². The van der Waals surface area contributed by atoms with Gasteiger partial charge in [-0.1, -0.05) is 0 Å². The van der Waals surface area contributed by atoms with Crippen molar-refractivity contribution in [1.29, 1.82) is 0 Å². The first-order valence-corrected chi connectivity index (χ1v) is 10.3.